The van der Waals surface area contributed by atoms with E-state index in [0.717, 1.165) is 51.5 Å². The number of carboxylic acids is 1. The van der Waals surface area contributed by atoms with E-state index in [9.17, 15) is 9.59 Å². The first-order valence-electron chi connectivity index (χ1n) is 15.3. The molecule has 1 spiro atoms. The second kappa shape index (κ2) is 13.3. The molecule has 2 aliphatic rings. The Bertz CT molecular complexity index is 2050. The van der Waals surface area contributed by atoms with Gasteiger partial charge in [0.1, 0.15) is 10.5 Å². The molecule has 0 saturated carbocycles. The van der Waals surface area contributed by atoms with E-state index >= 15 is 0 Å². The lowest BCUT2D eigenvalue weighted by Gasteiger charge is -2.48. The zero-order chi connectivity index (χ0) is 33.4. The topological polar surface area (TPSA) is 142 Å². The van der Waals surface area contributed by atoms with E-state index in [1.165, 1.54) is 11.3 Å². The fourth-order valence-corrected chi connectivity index (χ4v) is 7.87. The molecule has 2 aliphatic heterocycles. The number of aliphatic carboxylic acids is 1. The number of hydrogen-bond acceptors (Lipinski definition) is 10. The third-order valence-electron chi connectivity index (χ3n) is 8.53. The van der Waals surface area contributed by atoms with Gasteiger partial charge in [-0.15, -0.1) is 11.3 Å². The summed E-state index contributed by atoms with van der Waals surface area (Å²) >= 11 is 15.5. The third kappa shape index (κ3) is 6.41. The first kappa shape index (κ1) is 32.2. The van der Waals surface area contributed by atoms with Crippen LogP contribution in [0.2, 0.25) is 10.0 Å². The molecular weight excluding hydrogens is 673 g/mol. The molecular formula is C34H31Cl2N7O4S. The Kier molecular flexibility index (Phi) is 8.92. The summed E-state index contributed by atoms with van der Waals surface area (Å²) in [4.78, 5) is 38.9. The molecule has 2 aromatic carbocycles. The molecule has 48 heavy (non-hydrogen) atoms. The van der Waals surface area contributed by atoms with Gasteiger partial charge in [0.15, 0.2) is 5.82 Å². The minimum atomic E-state index is -0.928. The third-order valence-corrected chi connectivity index (χ3v) is 10.4. The van der Waals surface area contributed by atoms with Crippen molar-refractivity contribution in [2.45, 2.75) is 31.5 Å². The summed E-state index contributed by atoms with van der Waals surface area (Å²) in [6.07, 6.45) is 3.16. The van der Waals surface area contributed by atoms with Gasteiger partial charge in [0.2, 0.25) is 11.8 Å². The summed E-state index contributed by atoms with van der Waals surface area (Å²) in [6.45, 7) is 2.48. The minimum Gasteiger partial charge on any atom is -0.481 e. The quantitative estimate of drug-likeness (QED) is 0.127. The number of aromatic nitrogens is 3. The fourth-order valence-electron chi connectivity index (χ4n) is 6.34. The summed E-state index contributed by atoms with van der Waals surface area (Å²) < 4.78 is 6.61. The van der Waals surface area contributed by atoms with Crippen molar-refractivity contribution < 1.29 is 19.4 Å². The van der Waals surface area contributed by atoms with Crippen molar-refractivity contribution >= 4 is 68.1 Å². The van der Waals surface area contributed by atoms with Crippen LogP contribution < -0.4 is 20.7 Å². The maximum atomic E-state index is 11.7. The number of carbonyl (C=O) groups is 2. The van der Waals surface area contributed by atoms with Crippen LogP contribution >= 0.6 is 34.5 Å². The van der Waals surface area contributed by atoms with Crippen molar-refractivity contribution in [2.75, 3.05) is 32.1 Å². The molecule has 246 valence electrons. The Labute approximate surface area is 290 Å². The highest BCUT2D eigenvalue weighted by atomic mass is 35.5. The zero-order valence-electron chi connectivity index (χ0n) is 25.8. The number of halogens is 2. The summed E-state index contributed by atoms with van der Waals surface area (Å²) in [5.74, 6) is 0.262. The van der Waals surface area contributed by atoms with Gasteiger partial charge in [-0.2, -0.15) is 0 Å². The Morgan fingerprint density at radius 1 is 1.06 bits per heavy atom. The molecule has 2 saturated heterocycles. The molecule has 3 aromatic heterocycles. The Hall–Kier alpha value is -4.33. The number of ether oxygens (including phenoxy) is 1. The number of carboxylic acid groups (broad SMARTS) is 1. The molecule has 0 radical (unpaired) electrons. The Balaban J connectivity index is 1.12. The average molecular weight is 705 g/mol. The molecule has 11 nitrogen and oxygen atoms in total. The molecule has 7 rings (SSSR count). The van der Waals surface area contributed by atoms with Crippen molar-refractivity contribution in [3.63, 3.8) is 0 Å². The van der Waals surface area contributed by atoms with E-state index in [-0.39, 0.29) is 18.0 Å². The number of fused-ring (bicyclic) bond motifs is 1. The molecule has 0 aliphatic carbocycles. The van der Waals surface area contributed by atoms with Crippen LogP contribution in [-0.2, 0) is 22.7 Å². The summed E-state index contributed by atoms with van der Waals surface area (Å²) in [6, 6.07) is 17.2. The number of rotatable bonds is 11. The minimum absolute atomic E-state index is 0.0872. The number of likely N-dealkylation sites (tertiary alicyclic amines) is 1. The van der Waals surface area contributed by atoms with Gasteiger partial charge in [0.05, 0.1) is 45.3 Å². The number of carbonyl (C=O) groups excluding carboxylic acids is 1. The fraction of sp³-hybridized carbons (Fsp3) is 0.265. The largest absolute Gasteiger partial charge is 0.481 e. The number of amides is 1. The van der Waals surface area contributed by atoms with E-state index in [1.807, 2.05) is 54.6 Å². The predicted molar refractivity (Wildman–Crippen MR) is 187 cm³/mol. The molecule has 2 fully saturated rings. The second-order valence-corrected chi connectivity index (χ2v) is 13.8. The molecule has 0 unspecified atom stereocenters. The maximum absolute atomic E-state index is 11.7. The van der Waals surface area contributed by atoms with Crippen LogP contribution in [0.15, 0.2) is 60.8 Å². The zero-order valence-corrected chi connectivity index (χ0v) is 28.2. The summed E-state index contributed by atoms with van der Waals surface area (Å²) in [7, 11) is 1.61. The van der Waals surface area contributed by atoms with Crippen LogP contribution in [0, 0.1) is 0 Å². The highest BCUT2D eigenvalue weighted by Crippen LogP contribution is 2.42. The SMILES string of the molecule is COc1nc(-c2cccc(-c3cccc(Nc4nccc5sc(CNCC(=O)O)nc45)c3Cl)c2Cl)ccc1CN1CC2(CCC(=O)N2)C1. The van der Waals surface area contributed by atoms with E-state index in [1.54, 1.807) is 13.3 Å². The number of thiazole rings is 1. The van der Waals surface area contributed by atoms with Crippen LogP contribution in [-0.4, -0.2) is 69.1 Å². The van der Waals surface area contributed by atoms with Crippen molar-refractivity contribution in [3.05, 3.63) is 81.4 Å². The van der Waals surface area contributed by atoms with Crippen LogP contribution in [0.25, 0.3) is 32.6 Å². The van der Waals surface area contributed by atoms with E-state index in [4.69, 9.17) is 38.0 Å². The number of methoxy groups -OCH3 is 1. The number of pyridine rings is 2. The van der Waals surface area contributed by atoms with Gasteiger partial charge in [-0.25, -0.2) is 15.0 Å². The highest BCUT2D eigenvalue weighted by Gasteiger charge is 2.47. The predicted octanol–water partition coefficient (Wildman–Crippen LogP) is 6.12. The van der Waals surface area contributed by atoms with E-state index in [2.05, 4.69) is 30.8 Å². The second-order valence-electron chi connectivity index (χ2n) is 11.9. The number of nitrogens with one attached hydrogen (secondary N) is 3. The highest BCUT2D eigenvalue weighted by molar-refractivity contribution is 7.18. The monoisotopic (exact) mass is 703 g/mol. The molecule has 0 atom stereocenters. The number of hydrogen-bond donors (Lipinski definition) is 4. The molecule has 0 bridgehead atoms. The number of anilines is 2. The van der Waals surface area contributed by atoms with Crippen molar-refractivity contribution in [1.82, 2.24) is 30.5 Å². The maximum Gasteiger partial charge on any atom is 0.317 e. The normalized spacial score (nSPS) is 15.4. The van der Waals surface area contributed by atoms with E-state index < -0.39 is 5.97 Å². The van der Waals surface area contributed by atoms with Crippen LogP contribution in [0.3, 0.4) is 0 Å². The van der Waals surface area contributed by atoms with Gasteiger partial charge < -0.3 is 25.8 Å². The molecule has 4 N–H and O–H groups in total. The van der Waals surface area contributed by atoms with Crippen LogP contribution in [0.1, 0.15) is 23.4 Å². The van der Waals surface area contributed by atoms with Gasteiger partial charge in [0.25, 0.3) is 0 Å². The smallest absolute Gasteiger partial charge is 0.317 e. The Morgan fingerprint density at radius 2 is 1.83 bits per heavy atom. The number of benzene rings is 2. The average Bonchev–Trinajstić information content (AvgIpc) is 3.66. The summed E-state index contributed by atoms with van der Waals surface area (Å²) in [5.41, 5.74) is 5.04. The lowest BCUT2D eigenvalue weighted by Crippen LogP contribution is -2.66. The molecule has 1 amide bonds. The van der Waals surface area contributed by atoms with E-state index in [0.29, 0.717) is 58.2 Å². The van der Waals surface area contributed by atoms with Crippen molar-refractivity contribution in [2.24, 2.45) is 0 Å². The molecule has 14 heteroatoms. The Morgan fingerprint density at radius 3 is 2.58 bits per heavy atom. The standard InChI is InChI=1S/C34H31Cl2N7O4S/c1-47-33-19(16-43-17-34(18-43)12-10-26(44)42-34)8-9-23(40-33)22-6-2-4-20(29(22)35)21-5-3-7-24(30(21)36)39-32-31-25(11-13-38-32)48-27(41-31)14-37-15-28(45)46/h2-9,11,13,37H,10,12,14-18H2,1H3,(H,38,39)(H,42,44)(H,45,46). The van der Waals surface area contributed by atoms with Gasteiger partial charge >= 0.3 is 5.97 Å². The van der Waals surface area contributed by atoms with Crippen LogP contribution in [0.4, 0.5) is 11.5 Å². The van der Waals surface area contributed by atoms with Crippen molar-refractivity contribution in [1.29, 1.82) is 0 Å². The lowest BCUT2D eigenvalue weighted by molar-refractivity contribution is -0.136. The van der Waals surface area contributed by atoms with Gasteiger partial charge in [-0.05, 0) is 24.6 Å². The van der Waals surface area contributed by atoms with Gasteiger partial charge in [-0.3, -0.25) is 14.5 Å². The molecule has 5 aromatic rings. The lowest BCUT2D eigenvalue weighted by atomic mass is 9.88. The van der Waals surface area contributed by atoms with Gasteiger partial charge in [0, 0.05) is 61.1 Å². The van der Waals surface area contributed by atoms with Crippen LogP contribution in [0.5, 0.6) is 5.88 Å². The van der Waals surface area contributed by atoms with Crippen molar-refractivity contribution in [3.8, 4) is 28.3 Å². The molecule has 5 heterocycles. The first-order valence-corrected chi connectivity index (χ1v) is 16.9. The number of nitrogens with zero attached hydrogens (tertiary/aromatic N) is 4. The first-order chi connectivity index (χ1) is 23.2. The van der Waals surface area contributed by atoms with Gasteiger partial charge in [-0.1, -0.05) is 59.6 Å². The summed E-state index contributed by atoms with van der Waals surface area (Å²) in [5, 5.41) is 20.0.